The molecule has 126 valence electrons. The third kappa shape index (κ3) is 3.41. The number of nitrogens with zero attached hydrogens (tertiary/aromatic N) is 4. The van der Waals surface area contributed by atoms with Crippen LogP contribution in [0.1, 0.15) is 42.6 Å². The average molecular weight is 325 g/mol. The van der Waals surface area contributed by atoms with Crippen LogP contribution in [-0.4, -0.2) is 27.9 Å². The highest BCUT2D eigenvalue weighted by molar-refractivity contribution is 5.55. The summed E-state index contributed by atoms with van der Waals surface area (Å²) in [6.07, 6.45) is 7.88. The van der Waals surface area contributed by atoms with Crippen molar-refractivity contribution in [2.75, 3.05) is 18.5 Å². The maximum atomic E-state index is 9.33. The molecule has 3 rings (SSSR count). The zero-order valence-corrected chi connectivity index (χ0v) is 14.2. The second-order valence-corrected chi connectivity index (χ2v) is 6.17. The van der Waals surface area contributed by atoms with Crippen LogP contribution in [0.15, 0.2) is 24.7 Å². The molecule has 6 nitrogen and oxygen atoms in total. The van der Waals surface area contributed by atoms with Gasteiger partial charge in [-0.05, 0) is 38.3 Å². The van der Waals surface area contributed by atoms with E-state index in [0.29, 0.717) is 17.3 Å². The summed E-state index contributed by atoms with van der Waals surface area (Å²) in [5.41, 5.74) is 2.68. The van der Waals surface area contributed by atoms with Crippen molar-refractivity contribution in [1.29, 1.82) is 5.26 Å². The molecule has 1 fully saturated rings. The number of hydrogen-bond acceptors (Lipinski definition) is 5. The van der Waals surface area contributed by atoms with Gasteiger partial charge in [-0.15, -0.1) is 0 Å². The SMILES string of the molecule is CCn1cc([C@@H]2OCCC[C@H]2CNc2nccc(C)c2C#N)cn1. The van der Waals surface area contributed by atoms with E-state index in [1.165, 1.54) is 0 Å². The summed E-state index contributed by atoms with van der Waals surface area (Å²) in [6, 6.07) is 4.09. The predicted molar refractivity (Wildman–Crippen MR) is 91.5 cm³/mol. The Bertz CT molecular complexity index is 733. The van der Waals surface area contributed by atoms with Crippen molar-refractivity contribution in [1.82, 2.24) is 14.8 Å². The maximum Gasteiger partial charge on any atom is 0.144 e. The molecular formula is C18H23N5O. The molecule has 0 spiro atoms. The van der Waals surface area contributed by atoms with Crippen molar-refractivity contribution in [3.05, 3.63) is 41.3 Å². The number of ether oxygens (including phenoxy) is 1. The molecule has 2 aromatic heterocycles. The zero-order chi connectivity index (χ0) is 16.9. The van der Waals surface area contributed by atoms with E-state index in [4.69, 9.17) is 4.74 Å². The number of nitriles is 1. The Labute approximate surface area is 142 Å². The van der Waals surface area contributed by atoms with Gasteiger partial charge in [-0.2, -0.15) is 10.4 Å². The number of hydrogen-bond donors (Lipinski definition) is 1. The van der Waals surface area contributed by atoms with Crippen molar-refractivity contribution in [3.8, 4) is 6.07 Å². The van der Waals surface area contributed by atoms with Gasteiger partial charge in [0.1, 0.15) is 11.9 Å². The summed E-state index contributed by atoms with van der Waals surface area (Å²) in [5.74, 6) is 0.994. The van der Waals surface area contributed by atoms with Crippen LogP contribution in [0.3, 0.4) is 0 Å². The largest absolute Gasteiger partial charge is 0.373 e. The Morgan fingerprint density at radius 3 is 3.12 bits per heavy atom. The van der Waals surface area contributed by atoms with Gasteiger partial charge in [0, 0.05) is 43.6 Å². The molecule has 0 radical (unpaired) electrons. The van der Waals surface area contributed by atoms with Crippen molar-refractivity contribution in [3.63, 3.8) is 0 Å². The second-order valence-electron chi connectivity index (χ2n) is 6.17. The van der Waals surface area contributed by atoms with Crippen LogP contribution in [0.4, 0.5) is 5.82 Å². The number of aryl methyl sites for hydroxylation is 2. The standard InChI is InChI=1S/C18H23N5O/c1-3-23-12-15(11-22-23)17-14(5-4-8-24-17)10-21-18-16(9-19)13(2)6-7-20-18/h6-7,11-12,14,17H,3-5,8,10H2,1-2H3,(H,20,21)/t14-,17+/m0/s1. The number of nitrogens with one attached hydrogen (secondary N) is 1. The number of aromatic nitrogens is 3. The van der Waals surface area contributed by atoms with E-state index in [0.717, 1.165) is 43.7 Å². The number of rotatable bonds is 5. The van der Waals surface area contributed by atoms with Gasteiger partial charge in [-0.25, -0.2) is 4.98 Å². The first kappa shape index (κ1) is 16.5. The zero-order valence-electron chi connectivity index (χ0n) is 14.2. The molecular weight excluding hydrogens is 302 g/mol. The highest BCUT2D eigenvalue weighted by Gasteiger charge is 2.28. The molecule has 0 amide bonds. The molecule has 1 saturated heterocycles. The summed E-state index contributed by atoms with van der Waals surface area (Å²) in [4.78, 5) is 4.32. The summed E-state index contributed by atoms with van der Waals surface area (Å²) in [7, 11) is 0. The normalized spacial score (nSPS) is 20.5. The van der Waals surface area contributed by atoms with Gasteiger partial charge >= 0.3 is 0 Å². The van der Waals surface area contributed by atoms with E-state index in [1.807, 2.05) is 23.9 Å². The Hall–Kier alpha value is -2.39. The minimum absolute atomic E-state index is 0.0434. The van der Waals surface area contributed by atoms with Crippen LogP contribution < -0.4 is 5.32 Å². The van der Waals surface area contributed by atoms with E-state index in [2.05, 4.69) is 34.6 Å². The molecule has 2 atom stereocenters. The van der Waals surface area contributed by atoms with E-state index < -0.39 is 0 Å². The van der Waals surface area contributed by atoms with E-state index in [-0.39, 0.29) is 6.10 Å². The average Bonchev–Trinajstić information content (AvgIpc) is 3.09. The molecule has 24 heavy (non-hydrogen) atoms. The third-order valence-electron chi connectivity index (χ3n) is 4.55. The van der Waals surface area contributed by atoms with Crippen molar-refractivity contribution in [2.45, 2.75) is 39.3 Å². The van der Waals surface area contributed by atoms with Crippen LogP contribution in [0, 0.1) is 24.2 Å². The van der Waals surface area contributed by atoms with Crippen LogP contribution in [0.5, 0.6) is 0 Å². The molecule has 0 aromatic carbocycles. The molecule has 0 saturated carbocycles. The molecule has 1 aliphatic rings. The van der Waals surface area contributed by atoms with Gasteiger partial charge in [0.25, 0.3) is 0 Å². The lowest BCUT2D eigenvalue weighted by molar-refractivity contribution is -0.0239. The Morgan fingerprint density at radius 2 is 2.38 bits per heavy atom. The van der Waals surface area contributed by atoms with Crippen LogP contribution in [-0.2, 0) is 11.3 Å². The van der Waals surface area contributed by atoms with Gasteiger partial charge in [0.15, 0.2) is 0 Å². The maximum absolute atomic E-state index is 9.33. The van der Waals surface area contributed by atoms with Gasteiger partial charge in [-0.1, -0.05) is 0 Å². The first-order chi connectivity index (χ1) is 11.7. The minimum atomic E-state index is 0.0434. The summed E-state index contributed by atoms with van der Waals surface area (Å²) >= 11 is 0. The lowest BCUT2D eigenvalue weighted by Crippen LogP contribution is -2.28. The fourth-order valence-electron chi connectivity index (χ4n) is 3.18. The lowest BCUT2D eigenvalue weighted by Gasteiger charge is -2.31. The van der Waals surface area contributed by atoms with Gasteiger partial charge in [0.05, 0.1) is 17.9 Å². The monoisotopic (exact) mass is 325 g/mol. The van der Waals surface area contributed by atoms with E-state index in [1.54, 1.807) is 6.20 Å². The quantitative estimate of drug-likeness (QED) is 0.914. The summed E-state index contributed by atoms with van der Waals surface area (Å²) in [5, 5.41) is 17.0. The van der Waals surface area contributed by atoms with E-state index >= 15 is 0 Å². The van der Waals surface area contributed by atoms with Gasteiger partial charge in [-0.3, -0.25) is 4.68 Å². The topological polar surface area (TPSA) is 75.8 Å². The Kier molecular flexibility index (Phi) is 5.11. The second kappa shape index (κ2) is 7.45. The highest BCUT2D eigenvalue weighted by atomic mass is 16.5. The predicted octanol–water partition coefficient (Wildman–Crippen LogP) is 3.06. The Balaban J connectivity index is 1.73. The minimum Gasteiger partial charge on any atom is -0.373 e. The molecule has 6 heteroatoms. The molecule has 1 aliphatic heterocycles. The highest BCUT2D eigenvalue weighted by Crippen LogP contribution is 2.33. The number of pyridine rings is 1. The molecule has 3 heterocycles. The molecule has 0 bridgehead atoms. The van der Waals surface area contributed by atoms with Crippen LogP contribution in [0.2, 0.25) is 0 Å². The number of anilines is 1. The summed E-state index contributed by atoms with van der Waals surface area (Å²) < 4.78 is 7.95. The molecule has 1 N–H and O–H groups in total. The fraction of sp³-hybridized carbons (Fsp3) is 0.500. The van der Waals surface area contributed by atoms with Crippen molar-refractivity contribution >= 4 is 5.82 Å². The van der Waals surface area contributed by atoms with Crippen molar-refractivity contribution < 1.29 is 4.74 Å². The van der Waals surface area contributed by atoms with Crippen LogP contribution >= 0.6 is 0 Å². The molecule has 0 aliphatic carbocycles. The third-order valence-corrected chi connectivity index (χ3v) is 4.55. The lowest BCUT2D eigenvalue weighted by atomic mass is 9.91. The first-order valence-electron chi connectivity index (χ1n) is 8.46. The Morgan fingerprint density at radius 1 is 1.50 bits per heavy atom. The smallest absolute Gasteiger partial charge is 0.144 e. The van der Waals surface area contributed by atoms with Crippen LogP contribution in [0.25, 0.3) is 0 Å². The molecule has 2 aromatic rings. The van der Waals surface area contributed by atoms with Crippen molar-refractivity contribution in [2.24, 2.45) is 5.92 Å². The fourth-order valence-corrected chi connectivity index (χ4v) is 3.18. The van der Waals surface area contributed by atoms with Gasteiger partial charge < -0.3 is 10.1 Å². The van der Waals surface area contributed by atoms with E-state index in [9.17, 15) is 5.26 Å². The first-order valence-corrected chi connectivity index (χ1v) is 8.46. The van der Waals surface area contributed by atoms with Gasteiger partial charge in [0.2, 0.25) is 0 Å². The summed E-state index contributed by atoms with van der Waals surface area (Å²) in [6.45, 7) is 6.37. The molecule has 0 unspecified atom stereocenters.